The molecule has 0 unspecified atom stereocenters. The highest BCUT2D eigenvalue weighted by Gasteiger charge is 2.47. The number of carbonyl (C=O) groups excluding carboxylic acids is 2. The molecule has 0 atom stereocenters. The maximum absolute atomic E-state index is 12.4. The zero-order valence-electron chi connectivity index (χ0n) is 13.6. The molecule has 1 aliphatic carbocycles. The van der Waals surface area contributed by atoms with Crippen molar-refractivity contribution in [3.8, 4) is 0 Å². The zero-order valence-corrected chi connectivity index (χ0v) is 13.6. The van der Waals surface area contributed by atoms with E-state index in [0.29, 0.717) is 38.8 Å². The minimum Gasteiger partial charge on any atom is -0.481 e. The van der Waals surface area contributed by atoms with Crippen molar-refractivity contribution in [1.29, 1.82) is 0 Å². The first-order valence-electron chi connectivity index (χ1n) is 8.82. The molecule has 0 bridgehead atoms. The van der Waals surface area contributed by atoms with Gasteiger partial charge in [-0.3, -0.25) is 14.4 Å². The maximum atomic E-state index is 12.4. The summed E-state index contributed by atoms with van der Waals surface area (Å²) in [5.41, 5.74) is -0.820. The Labute approximate surface area is 136 Å². The van der Waals surface area contributed by atoms with Crippen molar-refractivity contribution in [2.75, 3.05) is 26.2 Å². The fourth-order valence-corrected chi connectivity index (χ4v) is 4.04. The average Bonchev–Trinajstić information content (AvgIpc) is 3.04. The number of piperidine rings is 1. The van der Waals surface area contributed by atoms with Gasteiger partial charge in [0.1, 0.15) is 0 Å². The second-order valence-corrected chi connectivity index (χ2v) is 7.30. The van der Waals surface area contributed by atoms with Crippen molar-refractivity contribution < 1.29 is 19.5 Å². The third-order valence-electron chi connectivity index (χ3n) is 5.87. The Morgan fingerprint density at radius 2 is 1.52 bits per heavy atom. The number of carboxylic acids is 1. The largest absolute Gasteiger partial charge is 0.481 e. The fraction of sp³-hybridized carbons (Fsp3) is 0.824. The van der Waals surface area contributed by atoms with Gasteiger partial charge < -0.3 is 14.9 Å². The number of aliphatic carboxylic acids is 1. The molecule has 2 aliphatic heterocycles. The van der Waals surface area contributed by atoms with E-state index >= 15 is 0 Å². The second kappa shape index (κ2) is 6.49. The maximum Gasteiger partial charge on any atom is 0.310 e. The van der Waals surface area contributed by atoms with Crippen LogP contribution in [0.15, 0.2) is 0 Å². The number of hydrogen-bond donors (Lipinski definition) is 1. The van der Waals surface area contributed by atoms with E-state index in [1.165, 1.54) is 0 Å². The van der Waals surface area contributed by atoms with Gasteiger partial charge in [-0.2, -0.15) is 0 Å². The SMILES string of the molecule is O=C(CC1(C(=O)O)CCC1)N1CCC(C(=O)N2CCCC2)CC1. The normalized spacial score (nSPS) is 24.3. The first-order valence-corrected chi connectivity index (χ1v) is 8.82. The number of likely N-dealkylation sites (tertiary alicyclic amines) is 2. The van der Waals surface area contributed by atoms with Crippen molar-refractivity contribution in [1.82, 2.24) is 9.80 Å². The molecule has 0 spiro atoms. The molecule has 3 aliphatic rings. The minimum absolute atomic E-state index is 0.0364. The zero-order chi connectivity index (χ0) is 16.4. The van der Waals surface area contributed by atoms with E-state index in [-0.39, 0.29) is 24.2 Å². The lowest BCUT2D eigenvalue weighted by Crippen LogP contribution is -2.47. The van der Waals surface area contributed by atoms with Gasteiger partial charge >= 0.3 is 5.97 Å². The Hall–Kier alpha value is -1.59. The van der Waals surface area contributed by atoms with Crippen LogP contribution in [0.25, 0.3) is 0 Å². The first kappa shape index (κ1) is 16.3. The van der Waals surface area contributed by atoms with Crippen molar-refractivity contribution in [3.05, 3.63) is 0 Å². The van der Waals surface area contributed by atoms with Gasteiger partial charge in [-0.25, -0.2) is 0 Å². The number of nitrogens with zero attached hydrogens (tertiary/aromatic N) is 2. The van der Waals surface area contributed by atoms with Crippen LogP contribution in [0.2, 0.25) is 0 Å². The highest BCUT2D eigenvalue weighted by Crippen LogP contribution is 2.44. The van der Waals surface area contributed by atoms with E-state index < -0.39 is 11.4 Å². The Kier molecular flexibility index (Phi) is 4.60. The van der Waals surface area contributed by atoms with E-state index in [2.05, 4.69) is 0 Å². The summed E-state index contributed by atoms with van der Waals surface area (Å²) in [6.45, 7) is 2.91. The van der Waals surface area contributed by atoms with E-state index in [4.69, 9.17) is 0 Å². The van der Waals surface area contributed by atoms with Crippen LogP contribution < -0.4 is 0 Å². The highest BCUT2D eigenvalue weighted by atomic mass is 16.4. The van der Waals surface area contributed by atoms with Gasteiger partial charge in [0.25, 0.3) is 0 Å². The average molecular weight is 322 g/mol. The first-order chi connectivity index (χ1) is 11.0. The Morgan fingerprint density at radius 3 is 2.00 bits per heavy atom. The second-order valence-electron chi connectivity index (χ2n) is 7.30. The quantitative estimate of drug-likeness (QED) is 0.850. The fourth-order valence-electron chi connectivity index (χ4n) is 4.04. The third kappa shape index (κ3) is 3.21. The number of rotatable bonds is 4. The summed E-state index contributed by atoms with van der Waals surface area (Å²) in [4.78, 5) is 39.9. The molecule has 1 saturated carbocycles. The smallest absolute Gasteiger partial charge is 0.310 e. The van der Waals surface area contributed by atoms with Crippen LogP contribution in [-0.2, 0) is 14.4 Å². The molecule has 0 aromatic heterocycles. The van der Waals surface area contributed by atoms with E-state index in [1.807, 2.05) is 4.90 Å². The van der Waals surface area contributed by atoms with Gasteiger partial charge in [0.05, 0.1) is 5.41 Å². The number of amides is 2. The molecular formula is C17H26N2O4. The summed E-state index contributed by atoms with van der Waals surface area (Å²) < 4.78 is 0. The van der Waals surface area contributed by atoms with Gasteiger partial charge in [-0.1, -0.05) is 6.42 Å². The van der Waals surface area contributed by atoms with Gasteiger partial charge in [0.2, 0.25) is 11.8 Å². The Morgan fingerprint density at radius 1 is 0.913 bits per heavy atom. The Bertz CT molecular complexity index is 487. The molecule has 0 aromatic rings. The number of hydrogen-bond acceptors (Lipinski definition) is 3. The molecule has 2 amide bonds. The lowest BCUT2D eigenvalue weighted by Gasteiger charge is -2.40. The van der Waals surface area contributed by atoms with Crippen LogP contribution in [0.5, 0.6) is 0 Å². The van der Waals surface area contributed by atoms with E-state index in [0.717, 1.165) is 32.4 Å². The van der Waals surface area contributed by atoms with Crippen LogP contribution in [0.3, 0.4) is 0 Å². The van der Waals surface area contributed by atoms with Crippen molar-refractivity contribution in [2.24, 2.45) is 11.3 Å². The summed E-state index contributed by atoms with van der Waals surface area (Å²) in [5.74, 6) is -0.611. The van der Waals surface area contributed by atoms with Crippen LogP contribution in [0.4, 0.5) is 0 Å². The van der Waals surface area contributed by atoms with Crippen molar-refractivity contribution in [2.45, 2.75) is 51.4 Å². The molecular weight excluding hydrogens is 296 g/mol. The van der Waals surface area contributed by atoms with Crippen LogP contribution in [0.1, 0.15) is 51.4 Å². The predicted molar refractivity (Wildman–Crippen MR) is 83.7 cm³/mol. The summed E-state index contributed by atoms with van der Waals surface area (Å²) in [7, 11) is 0. The van der Waals surface area contributed by atoms with Gasteiger partial charge in [0, 0.05) is 38.5 Å². The lowest BCUT2D eigenvalue weighted by molar-refractivity contribution is -0.160. The lowest BCUT2D eigenvalue weighted by atomic mass is 9.66. The topological polar surface area (TPSA) is 77.9 Å². The molecule has 23 heavy (non-hydrogen) atoms. The molecule has 0 aromatic carbocycles. The summed E-state index contributed by atoms with van der Waals surface area (Å²) in [5, 5.41) is 9.35. The number of carbonyl (C=O) groups is 3. The molecule has 3 rings (SSSR count). The summed E-state index contributed by atoms with van der Waals surface area (Å²) in [6, 6.07) is 0. The molecule has 0 radical (unpaired) electrons. The molecule has 6 heteroatoms. The molecule has 128 valence electrons. The molecule has 2 heterocycles. The molecule has 6 nitrogen and oxygen atoms in total. The van der Waals surface area contributed by atoms with E-state index in [9.17, 15) is 19.5 Å². The predicted octanol–water partition coefficient (Wildman–Crippen LogP) is 1.49. The molecule has 2 saturated heterocycles. The third-order valence-corrected chi connectivity index (χ3v) is 5.87. The van der Waals surface area contributed by atoms with Gasteiger partial charge in [-0.05, 0) is 38.5 Å². The monoisotopic (exact) mass is 322 g/mol. The van der Waals surface area contributed by atoms with E-state index in [1.54, 1.807) is 4.90 Å². The minimum atomic E-state index is -0.837. The summed E-state index contributed by atoms with van der Waals surface area (Å²) >= 11 is 0. The highest BCUT2D eigenvalue weighted by molar-refractivity contribution is 5.86. The van der Waals surface area contributed by atoms with Gasteiger partial charge in [0.15, 0.2) is 0 Å². The Balaban J connectivity index is 1.49. The van der Waals surface area contributed by atoms with Crippen molar-refractivity contribution >= 4 is 17.8 Å². The van der Waals surface area contributed by atoms with Gasteiger partial charge in [-0.15, -0.1) is 0 Å². The van der Waals surface area contributed by atoms with Crippen LogP contribution >= 0.6 is 0 Å². The molecule has 1 N–H and O–H groups in total. The summed E-state index contributed by atoms with van der Waals surface area (Å²) in [6.07, 6.45) is 5.85. The molecule has 3 fully saturated rings. The van der Waals surface area contributed by atoms with Crippen molar-refractivity contribution in [3.63, 3.8) is 0 Å². The van der Waals surface area contributed by atoms with Crippen LogP contribution in [0, 0.1) is 11.3 Å². The van der Waals surface area contributed by atoms with Crippen LogP contribution in [-0.4, -0.2) is 58.9 Å². The number of carboxylic acid groups (broad SMARTS) is 1. The standard InChI is InChI=1S/C17H26N2O4/c20-14(12-17(16(22)23)6-3-7-17)18-10-4-13(5-11-18)15(21)19-8-1-2-9-19/h13H,1-12H2,(H,22,23).